The fourth-order valence-electron chi connectivity index (χ4n) is 1.48. The Morgan fingerprint density at radius 3 is 3.08 bits per heavy atom. The average molecular weight is 291 g/mol. The van der Waals surface area contributed by atoms with Gasteiger partial charge in [0.2, 0.25) is 0 Å². The standard InChI is InChI=1S/C9H10INO2/c10-7-3-4-8(12)11(6-7)9-2-1-5-13-9/h3-4,6,9H,1-2,5H2. The summed E-state index contributed by atoms with van der Waals surface area (Å²) in [7, 11) is 0. The summed E-state index contributed by atoms with van der Waals surface area (Å²) in [6.45, 7) is 0.766. The Hall–Kier alpha value is -0.360. The van der Waals surface area contributed by atoms with Crippen LogP contribution in [0, 0.1) is 3.57 Å². The molecule has 1 atom stereocenters. The van der Waals surface area contributed by atoms with Gasteiger partial charge in [-0.05, 0) is 41.5 Å². The number of aromatic nitrogens is 1. The minimum absolute atomic E-state index is 0.0207. The molecule has 0 N–H and O–H groups in total. The highest BCUT2D eigenvalue weighted by molar-refractivity contribution is 14.1. The molecule has 1 fully saturated rings. The van der Waals surface area contributed by atoms with Crippen molar-refractivity contribution in [1.82, 2.24) is 4.57 Å². The van der Waals surface area contributed by atoms with Crippen molar-refractivity contribution < 1.29 is 4.74 Å². The van der Waals surface area contributed by atoms with E-state index < -0.39 is 0 Å². The molecule has 0 radical (unpaired) electrons. The van der Waals surface area contributed by atoms with E-state index in [1.54, 1.807) is 10.6 Å². The number of hydrogen-bond acceptors (Lipinski definition) is 2. The van der Waals surface area contributed by atoms with Gasteiger partial charge in [0.05, 0.1) is 0 Å². The van der Waals surface area contributed by atoms with Crippen molar-refractivity contribution in [2.45, 2.75) is 19.1 Å². The lowest BCUT2D eigenvalue weighted by molar-refractivity contribution is 0.0536. The molecule has 1 saturated heterocycles. The summed E-state index contributed by atoms with van der Waals surface area (Å²) in [6.07, 6.45) is 3.80. The highest BCUT2D eigenvalue weighted by Crippen LogP contribution is 2.21. The Morgan fingerprint density at radius 2 is 2.38 bits per heavy atom. The van der Waals surface area contributed by atoms with Crippen molar-refractivity contribution in [3.63, 3.8) is 0 Å². The van der Waals surface area contributed by atoms with Gasteiger partial charge in [-0.15, -0.1) is 0 Å². The van der Waals surface area contributed by atoms with Crippen LogP contribution in [0.15, 0.2) is 23.1 Å². The first kappa shape index (κ1) is 9.21. The molecule has 1 aliphatic rings. The van der Waals surface area contributed by atoms with Crippen LogP contribution in [-0.2, 0) is 4.74 Å². The average Bonchev–Trinajstić information content (AvgIpc) is 2.61. The first-order chi connectivity index (χ1) is 6.27. The highest BCUT2D eigenvalue weighted by Gasteiger charge is 2.17. The van der Waals surface area contributed by atoms with Crippen LogP contribution in [0.3, 0.4) is 0 Å². The zero-order valence-electron chi connectivity index (χ0n) is 7.07. The number of halogens is 1. The van der Waals surface area contributed by atoms with Gasteiger partial charge in [0.15, 0.2) is 0 Å². The second kappa shape index (κ2) is 3.79. The van der Waals surface area contributed by atoms with E-state index >= 15 is 0 Å². The van der Waals surface area contributed by atoms with Gasteiger partial charge in [0.25, 0.3) is 5.56 Å². The number of hydrogen-bond donors (Lipinski definition) is 0. The molecule has 1 aromatic heterocycles. The third kappa shape index (κ3) is 1.94. The normalized spacial score (nSPS) is 22.1. The minimum atomic E-state index is -0.0396. The third-order valence-corrected chi connectivity index (χ3v) is 2.76. The van der Waals surface area contributed by atoms with Gasteiger partial charge in [-0.3, -0.25) is 9.36 Å². The summed E-state index contributed by atoms with van der Waals surface area (Å²) in [5, 5.41) is 0. The van der Waals surface area contributed by atoms with Crippen molar-refractivity contribution in [1.29, 1.82) is 0 Å². The van der Waals surface area contributed by atoms with Gasteiger partial charge in [-0.2, -0.15) is 0 Å². The Labute approximate surface area is 89.9 Å². The Kier molecular flexibility index (Phi) is 2.69. The summed E-state index contributed by atoms with van der Waals surface area (Å²) >= 11 is 2.19. The molecule has 4 heteroatoms. The Bertz CT molecular complexity index is 355. The summed E-state index contributed by atoms with van der Waals surface area (Å²) in [5.74, 6) is 0. The number of rotatable bonds is 1. The van der Waals surface area contributed by atoms with Crippen LogP contribution in [0.5, 0.6) is 0 Å². The summed E-state index contributed by atoms with van der Waals surface area (Å²) in [5.41, 5.74) is 0.0207. The smallest absolute Gasteiger partial charge is 0.252 e. The van der Waals surface area contributed by atoms with Crippen LogP contribution < -0.4 is 5.56 Å². The van der Waals surface area contributed by atoms with Gasteiger partial charge in [0, 0.05) is 22.4 Å². The van der Waals surface area contributed by atoms with Gasteiger partial charge in [-0.1, -0.05) is 0 Å². The Morgan fingerprint density at radius 1 is 1.54 bits per heavy atom. The molecular weight excluding hydrogens is 281 g/mol. The lowest BCUT2D eigenvalue weighted by Crippen LogP contribution is -2.23. The maximum absolute atomic E-state index is 11.4. The monoisotopic (exact) mass is 291 g/mol. The van der Waals surface area contributed by atoms with E-state index in [1.165, 1.54) is 0 Å². The summed E-state index contributed by atoms with van der Waals surface area (Å²) in [4.78, 5) is 11.4. The second-order valence-corrected chi connectivity index (χ2v) is 4.31. The van der Waals surface area contributed by atoms with Crippen molar-refractivity contribution in [2.24, 2.45) is 0 Å². The fourth-order valence-corrected chi connectivity index (χ4v) is 1.96. The van der Waals surface area contributed by atoms with E-state index in [4.69, 9.17) is 4.74 Å². The number of nitrogens with zero attached hydrogens (tertiary/aromatic N) is 1. The van der Waals surface area contributed by atoms with Crippen molar-refractivity contribution in [3.8, 4) is 0 Å². The summed E-state index contributed by atoms with van der Waals surface area (Å²) < 4.78 is 8.17. The number of pyridine rings is 1. The third-order valence-electron chi connectivity index (χ3n) is 2.12. The van der Waals surface area contributed by atoms with E-state index in [2.05, 4.69) is 22.6 Å². The SMILES string of the molecule is O=c1ccc(I)cn1C1CCCO1. The highest BCUT2D eigenvalue weighted by atomic mass is 127. The predicted molar refractivity (Wildman–Crippen MR) is 57.6 cm³/mol. The lowest BCUT2D eigenvalue weighted by atomic mass is 10.3. The fraction of sp³-hybridized carbons (Fsp3) is 0.444. The maximum atomic E-state index is 11.4. The second-order valence-electron chi connectivity index (χ2n) is 3.06. The van der Waals surface area contributed by atoms with E-state index in [-0.39, 0.29) is 11.8 Å². The molecule has 0 aromatic carbocycles. The zero-order chi connectivity index (χ0) is 9.26. The minimum Gasteiger partial charge on any atom is -0.358 e. The van der Waals surface area contributed by atoms with Crippen LogP contribution in [0.1, 0.15) is 19.1 Å². The molecule has 1 unspecified atom stereocenters. The maximum Gasteiger partial charge on any atom is 0.252 e. The van der Waals surface area contributed by atoms with Crippen molar-refractivity contribution in [3.05, 3.63) is 32.3 Å². The molecule has 0 bridgehead atoms. The molecule has 1 aromatic rings. The van der Waals surface area contributed by atoms with Gasteiger partial charge >= 0.3 is 0 Å². The molecular formula is C9H10INO2. The zero-order valence-corrected chi connectivity index (χ0v) is 9.23. The first-order valence-corrected chi connectivity index (χ1v) is 5.34. The lowest BCUT2D eigenvalue weighted by Gasteiger charge is -2.12. The molecule has 1 aliphatic heterocycles. The molecule has 0 spiro atoms. The van der Waals surface area contributed by atoms with Crippen LogP contribution in [0.4, 0.5) is 0 Å². The van der Waals surface area contributed by atoms with Gasteiger partial charge < -0.3 is 4.74 Å². The van der Waals surface area contributed by atoms with Crippen LogP contribution in [-0.4, -0.2) is 11.2 Å². The van der Waals surface area contributed by atoms with E-state index in [0.29, 0.717) is 0 Å². The quantitative estimate of drug-likeness (QED) is 0.738. The number of ether oxygens (including phenoxy) is 1. The molecule has 0 saturated carbocycles. The predicted octanol–water partition coefficient (Wildman–Crippen LogP) is 1.76. The Balaban J connectivity index is 2.37. The van der Waals surface area contributed by atoms with Crippen LogP contribution in [0.2, 0.25) is 0 Å². The summed E-state index contributed by atoms with van der Waals surface area (Å²) in [6, 6.07) is 3.40. The van der Waals surface area contributed by atoms with Crippen LogP contribution in [0.25, 0.3) is 0 Å². The van der Waals surface area contributed by atoms with Crippen molar-refractivity contribution in [2.75, 3.05) is 6.61 Å². The van der Waals surface area contributed by atoms with E-state index in [9.17, 15) is 4.79 Å². The van der Waals surface area contributed by atoms with E-state index in [0.717, 1.165) is 23.0 Å². The first-order valence-electron chi connectivity index (χ1n) is 4.27. The van der Waals surface area contributed by atoms with Gasteiger partial charge in [0.1, 0.15) is 6.23 Å². The molecule has 0 amide bonds. The van der Waals surface area contributed by atoms with Gasteiger partial charge in [-0.25, -0.2) is 0 Å². The van der Waals surface area contributed by atoms with E-state index in [1.807, 2.05) is 12.3 Å². The molecule has 70 valence electrons. The van der Waals surface area contributed by atoms with Crippen LogP contribution >= 0.6 is 22.6 Å². The molecule has 2 rings (SSSR count). The van der Waals surface area contributed by atoms with Crippen molar-refractivity contribution >= 4 is 22.6 Å². The molecule has 13 heavy (non-hydrogen) atoms. The largest absolute Gasteiger partial charge is 0.358 e. The molecule has 0 aliphatic carbocycles. The molecule has 3 nitrogen and oxygen atoms in total. The topological polar surface area (TPSA) is 31.2 Å². The molecule has 2 heterocycles.